The third-order valence-corrected chi connectivity index (χ3v) is 9.34. The standard InChI is InChI=1S/C32H38FN3O4S/c1-22-13-15-29(16-14-22)41(39,40)36(28-18-23(2)17-24(3)19-28)21-31(37)35(20-26-9-5-8-12-30(26)33)25(4)32(38)34-27-10-6-7-11-27/h5,8-9,12-19,25,27H,6-7,10-11,20-21H2,1-4H3,(H,34,38)/t25-/m1/s1. The number of rotatable bonds is 10. The fourth-order valence-corrected chi connectivity index (χ4v) is 6.64. The first kappa shape index (κ1) is 30.2. The molecule has 0 saturated heterocycles. The Kier molecular flexibility index (Phi) is 9.48. The SMILES string of the molecule is Cc1ccc(S(=O)(=O)N(CC(=O)N(Cc2ccccc2F)[C@H](C)C(=O)NC2CCCC2)c2cc(C)cc(C)c2)cc1. The molecular formula is C32H38FN3O4S. The zero-order valence-electron chi connectivity index (χ0n) is 24.1. The minimum atomic E-state index is -4.17. The Bertz CT molecular complexity index is 1480. The first-order chi connectivity index (χ1) is 19.5. The molecule has 0 bridgehead atoms. The molecule has 1 atom stereocenters. The average Bonchev–Trinajstić information content (AvgIpc) is 3.43. The molecule has 3 aromatic rings. The predicted octanol–water partition coefficient (Wildman–Crippen LogP) is 5.42. The number of hydrogen-bond acceptors (Lipinski definition) is 4. The van der Waals surface area contributed by atoms with E-state index in [9.17, 15) is 22.4 Å². The average molecular weight is 580 g/mol. The number of aryl methyl sites for hydroxylation is 3. The second-order valence-electron chi connectivity index (χ2n) is 10.9. The molecular weight excluding hydrogens is 541 g/mol. The molecule has 9 heteroatoms. The summed E-state index contributed by atoms with van der Waals surface area (Å²) in [4.78, 5) is 28.6. The van der Waals surface area contributed by atoms with Gasteiger partial charge in [0.25, 0.3) is 10.0 Å². The maximum Gasteiger partial charge on any atom is 0.264 e. The van der Waals surface area contributed by atoms with Crippen LogP contribution in [0.3, 0.4) is 0 Å². The van der Waals surface area contributed by atoms with Gasteiger partial charge in [0, 0.05) is 18.2 Å². The van der Waals surface area contributed by atoms with Gasteiger partial charge in [-0.25, -0.2) is 12.8 Å². The van der Waals surface area contributed by atoms with E-state index in [1.165, 1.54) is 23.1 Å². The molecule has 0 aliphatic heterocycles. The highest BCUT2D eigenvalue weighted by molar-refractivity contribution is 7.92. The third-order valence-electron chi connectivity index (χ3n) is 7.55. The predicted molar refractivity (Wildman–Crippen MR) is 158 cm³/mol. The Labute approximate surface area is 242 Å². The van der Waals surface area contributed by atoms with E-state index in [1.54, 1.807) is 49.4 Å². The largest absolute Gasteiger partial charge is 0.352 e. The van der Waals surface area contributed by atoms with Gasteiger partial charge in [0.1, 0.15) is 18.4 Å². The molecule has 1 fully saturated rings. The van der Waals surface area contributed by atoms with Crippen molar-refractivity contribution in [2.24, 2.45) is 0 Å². The summed E-state index contributed by atoms with van der Waals surface area (Å²) in [7, 11) is -4.17. The molecule has 0 spiro atoms. The van der Waals surface area contributed by atoms with Crippen LogP contribution in [0.4, 0.5) is 10.1 Å². The van der Waals surface area contributed by atoms with Crippen molar-refractivity contribution in [1.82, 2.24) is 10.2 Å². The lowest BCUT2D eigenvalue weighted by atomic mass is 10.1. The molecule has 0 aromatic heterocycles. The summed E-state index contributed by atoms with van der Waals surface area (Å²) in [5.74, 6) is -1.47. The number of amides is 2. The molecule has 0 unspecified atom stereocenters. The van der Waals surface area contributed by atoms with Crippen LogP contribution in [0.25, 0.3) is 0 Å². The quantitative estimate of drug-likeness (QED) is 0.348. The maximum atomic E-state index is 14.7. The fourth-order valence-electron chi connectivity index (χ4n) is 5.25. The Hall–Kier alpha value is -3.72. The summed E-state index contributed by atoms with van der Waals surface area (Å²) in [6.07, 6.45) is 3.79. The minimum absolute atomic E-state index is 0.0315. The monoisotopic (exact) mass is 579 g/mol. The lowest BCUT2D eigenvalue weighted by molar-refractivity contribution is -0.139. The van der Waals surface area contributed by atoms with E-state index >= 15 is 0 Å². The zero-order valence-corrected chi connectivity index (χ0v) is 24.9. The van der Waals surface area contributed by atoms with Crippen LogP contribution >= 0.6 is 0 Å². The van der Waals surface area contributed by atoms with Gasteiger partial charge in [0.05, 0.1) is 10.6 Å². The molecule has 41 heavy (non-hydrogen) atoms. The lowest BCUT2D eigenvalue weighted by Gasteiger charge is -2.32. The minimum Gasteiger partial charge on any atom is -0.352 e. The zero-order chi connectivity index (χ0) is 29.7. The lowest BCUT2D eigenvalue weighted by Crippen LogP contribution is -2.52. The van der Waals surface area contributed by atoms with Crippen LogP contribution < -0.4 is 9.62 Å². The van der Waals surface area contributed by atoms with E-state index in [0.717, 1.165) is 46.7 Å². The first-order valence-corrected chi connectivity index (χ1v) is 15.4. The van der Waals surface area contributed by atoms with Crippen molar-refractivity contribution in [2.75, 3.05) is 10.8 Å². The van der Waals surface area contributed by atoms with Gasteiger partial charge in [-0.1, -0.05) is 54.8 Å². The highest BCUT2D eigenvalue weighted by Gasteiger charge is 2.33. The van der Waals surface area contributed by atoms with E-state index in [4.69, 9.17) is 0 Å². The van der Waals surface area contributed by atoms with Crippen LogP contribution in [0, 0.1) is 26.6 Å². The highest BCUT2D eigenvalue weighted by Crippen LogP contribution is 2.27. The van der Waals surface area contributed by atoms with Crippen LogP contribution in [-0.4, -0.2) is 43.8 Å². The van der Waals surface area contributed by atoms with Gasteiger partial charge in [-0.15, -0.1) is 0 Å². The number of anilines is 1. The van der Waals surface area contributed by atoms with Crippen LogP contribution in [-0.2, 0) is 26.2 Å². The van der Waals surface area contributed by atoms with Crippen molar-refractivity contribution in [3.63, 3.8) is 0 Å². The number of carbonyl (C=O) groups is 2. The molecule has 2 amide bonds. The van der Waals surface area contributed by atoms with E-state index in [1.807, 2.05) is 26.8 Å². The number of halogens is 1. The topological polar surface area (TPSA) is 86.8 Å². The van der Waals surface area contributed by atoms with Gasteiger partial charge in [0.2, 0.25) is 11.8 Å². The summed E-state index contributed by atoms with van der Waals surface area (Å²) in [6, 6.07) is 16.9. The molecule has 1 aliphatic rings. The van der Waals surface area contributed by atoms with E-state index < -0.39 is 34.3 Å². The molecule has 7 nitrogen and oxygen atoms in total. The second kappa shape index (κ2) is 12.9. The van der Waals surface area contributed by atoms with Gasteiger partial charge >= 0.3 is 0 Å². The number of hydrogen-bond donors (Lipinski definition) is 1. The summed E-state index contributed by atoms with van der Waals surface area (Å²) >= 11 is 0. The van der Waals surface area contributed by atoms with Gasteiger partial charge in [-0.3, -0.25) is 13.9 Å². The molecule has 3 aromatic carbocycles. The molecule has 218 valence electrons. The number of sulfonamides is 1. The number of benzene rings is 3. The van der Waals surface area contributed by atoms with E-state index in [-0.39, 0.29) is 29.0 Å². The van der Waals surface area contributed by atoms with Gasteiger partial charge in [-0.05, 0) is 82.0 Å². The van der Waals surface area contributed by atoms with Crippen molar-refractivity contribution in [2.45, 2.75) is 76.9 Å². The molecule has 0 heterocycles. The molecule has 1 aliphatic carbocycles. The van der Waals surface area contributed by atoms with Gasteiger partial charge in [0.15, 0.2) is 0 Å². The molecule has 1 saturated carbocycles. The van der Waals surface area contributed by atoms with Crippen molar-refractivity contribution in [3.05, 3.63) is 94.8 Å². The van der Waals surface area contributed by atoms with E-state index in [0.29, 0.717) is 5.69 Å². The maximum absolute atomic E-state index is 14.7. The fraction of sp³-hybridized carbons (Fsp3) is 0.375. The first-order valence-electron chi connectivity index (χ1n) is 14.0. The van der Waals surface area contributed by atoms with Crippen molar-refractivity contribution in [3.8, 4) is 0 Å². The Morgan fingerprint density at radius 1 is 0.927 bits per heavy atom. The van der Waals surface area contributed by atoms with Crippen molar-refractivity contribution >= 4 is 27.5 Å². The molecule has 4 rings (SSSR count). The van der Waals surface area contributed by atoms with Crippen molar-refractivity contribution < 1.29 is 22.4 Å². The summed E-state index contributed by atoms with van der Waals surface area (Å²) in [5, 5.41) is 3.02. The van der Waals surface area contributed by atoms with Gasteiger partial charge < -0.3 is 10.2 Å². The van der Waals surface area contributed by atoms with Crippen LogP contribution in [0.2, 0.25) is 0 Å². The molecule has 1 N–H and O–H groups in total. The van der Waals surface area contributed by atoms with Crippen LogP contribution in [0.1, 0.15) is 54.9 Å². The van der Waals surface area contributed by atoms with Gasteiger partial charge in [-0.2, -0.15) is 0 Å². The Morgan fingerprint density at radius 3 is 2.15 bits per heavy atom. The van der Waals surface area contributed by atoms with Crippen molar-refractivity contribution in [1.29, 1.82) is 0 Å². The molecule has 0 radical (unpaired) electrons. The Morgan fingerprint density at radius 2 is 1.54 bits per heavy atom. The Balaban J connectivity index is 1.72. The third kappa shape index (κ3) is 7.33. The second-order valence-corrected chi connectivity index (χ2v) is 12.8. The summed E-state index contributed by atoms with van der Waals surface area (Å²) in [5.41, 5.74) is 3.15. The number of nitrogens with one attached hydrogen (secondary N) is 1. The highest BCUT2D eigenvalue weighted by atomic mass is 32.2. The summed E-state index contributed by atoms with van der Waals surface area (Å²) in [6.45, 7) is 6.42. The normalized spacial score (nSPS) is 14.5. The smallest absolute Gasteiger partial charge is 0.264 e. The van der Waals surface area contributed by atoms with E-state index in [2.05, 4.69) is 5.32 Å². The number of nitrogens with zero attached hydrogens (tertiary/aromatic N) is 2. The summed E-state index contributed by atoms with van der Waals surface area (Å²) < 4.78 is 43.8. The van der Waals surface area contributed by atoms with Crippen LogP contribution in [0.5, 0.6) is 0 Å². The van der Waals surface area contributed by atoms with Crippen LogP contribution in [0.15, 0.2) is 71.6 Å². The number of carbonyl (C=O) groups excluding carboxylic acids is 2.